The van der Waals surface area contributed by atoms with Crippen molar-refractivity contribution >= 4 is 23.0 Å². The number of imidazole rings is 1. The number of nitrogens with two attached hydrogens (primary N) is 1. The molecule has 1 aliphatic heterocycles. The summed E-state index contributed by atoms with van der Waals surface area (Å²) in [5, 5.41) is 0. The molecule has 0 atom stereocenters. The summed E-state index contributed by atoms with van der Waals surface area (Å²) in [5.74, 6) is 1.33. The minimum absolute atomic E-state index is 0.505. The number of benzene rings is 1. The Morgan fingerprint density at radius 2 is 2.11 bits per heavy atom. The zero-order valence-corrected chi connectivity index (χ0v) is 10.3. The molecular formula is C14H13N5. The average molecular weight is 251 g/mol. The van der Waals surface area contributed by atoms with Crippen molar-refractivity contribution in [1.29, 1.82) is 0 Å². The Hall–Kier alpha value is -2.56. The van der Waals surface area contributed by atoms with Crippen LogP contribution in [-0.2, 0) is 6.42 Å². The van der Waals surface area contributed by atoms with E-state index in [1.165, 1.54) is 11.3 Å². The predicted octanol–water partition coefficient (Wildman–Crippen LogP) is 2.01. The van der Waals surface area contributed by atoms with Crippen LogP contribution in [0.5, 0.6) is 0 Å². The SMILES string of the molecule is Nc1cn2ccnc2c(N2CCc3ccccc32)n1. The molecule has 3 heterocycles. The molecule has 0 bridgehead atoms. The fraction of sp³-hybridized carbons (Fsp3) is 0.143. The summed E-state index contributed by atoms with van der Waals surface area (Å²) >= 11 is 0. The van der Waals surface area contributed by atoms with Crippen LogP contribution < -0.4 is 10.6 Å². The van der Waals surface area contributed by atoms with Gasteiger partial charge >= 0.3 is 0 Å². The lowest BCUT2D eigenvalue weighted by atomic mass is 10.2. The molecule has 0 radical (unpaired) electrons. The summed E-state index contributed by atoms with van der Waals surface area (Å²) in [6, 6.07) is 8.39. The third kappa shape index (κ3) is 1.48. The number of nitrogen functional groups attached to an aromatic ring is 1. The Labute approximate surface area is 110 Å². The van der Waals surface area contributed by atoms with Gasteiger partial charge in [0, 0.05) is 24.6 Å². The number of aromatic nitrogens is 3. The molecule has 3 aromatic rings. The monoisotopic (exact) mass is 251 g/mol. The van der Waals surface area contributed by atoms with E-state index in [9.17, 15) is 0 Å². The van der Waals surface area contributed by atoms with Crippen molar-refractivity contribution in [2.45, 2.75) is 6.42 Å². The second-order valence-corrected chi connectivity index (χ2v) is 4.68. The molecule has 2 N–H and O–H groups in total. The summed E-state index contributed by atoms with van der Waals surface area (Å²) in [6.45, 7) is 0.915. The first-order valence-electron chi connectivity index (χ1n) is 6.27. The Morgan fingerprint density at radius 1 is 1.21 bits per heavy atom. The molecule has 0 fully saturated rings. The summed E-state index contributed by atoms with van der Waals surface area (Å²) in [6.07, 6.45) is 6.47. The molecule has 94 valence electrons. The first kappa shape index (κ1) is 10.4. The standard InChI is InChI=1S/C14H13N5/c15-12-9-18-8-6-16-13(18)14(17-12)19-7-5-10-3-1-2-4-11(10)19/h1-4,6,8-9H,5,7,15H2. The first-order chi connectivity index (χ1) is 9.33. The molecule has 0 saturated heterocycles. The highest BCUT2D eigenvalue weighted by molar-refractivity contribution is 5.77. The van der Waals surface area contributed by atoms with E-state index in [1.54, 1.807) is 12.4 Å². The maximum absolute atomic E-state index is 5.89. The quantitative estimate of drug-likeness (QED) is 0.718. The van der Waals surface area contributed by atoms with Crippen molar-refractivity contribution in [1.82, 2.24) is 14.4 Å². The second kappa shape index (κ2) is 3.71. The van der Waals surface area contributed by atoms with E-state index in [1.807, 2.05) is 16.7 Å². The van der Waals surface area contributed by atoms with Gasteiger partial charge in [0.05, 0.1) is 6.20 Å². The van der Waals surface area contributed by atoms with Crippen molar-refractivity contribution < 1.29 is 0 Å². The molecular weight excluding hydrogens is 238 g/mol. The van der Waals surface area contributed by atoms with E-state index >= 15 is 0 Å². The van der Waals surface area contributed by atoms with Crippen molar-refractivity contribution in [2.75, 3.05) is 17.2 Å². The van der Waals surface area contributed by atoms with Gasteiger partial charge in [0.15, 0.2) is 11.5 Å². The zero-order valence-electron chi connectivity index (χ0n) is 10.3. The zero-order chi connectivity index (χ0) is 12.8. The van der Waals surface area contributed by atoms with Gasteiger partial charge in [-0.25, -0.2) is 9.97 Å². The minimum atomic E-state index is 0.505. The van der Waals surface area contributed by atoms with Crippen LogP contribution >= 0.6 is 0 Å². The van der Waals surface area contributed by atoms with Crippen LogP contribution in [0, 0.1) is 0 Å². The van der Waals surface area contributed by atoms with Gasteiger partial charge in [-0.3, -0.25) is 0 Å². The van der Waals surface area contributed by atoms with Gasteiger partial charge in [-0.15, -0.1) is 0 Å². The average Bonchev–Trinajstić information content (AvgIpc) is 3.03. The van der Waals surface area contributed by atoms with Crippen molar-refractivity contribution in [3.63, 3.8) is 0 Å². The molecule has 1 aliphatic rings. The van der Waals surface area contributed by atoms with E-state index in [4.69, 9.17) is 5.73 Å². The lowest BCUT2D eigenvalue weighted by molar-refractivity contribution is 0.966. The van der Waals surface area contributed by atoms with E-state index in [2.05, 4.69) is 33.1 Å². The Morgan fingerprint density at radius 3 is 3.05 bits per heavy atom. The fourth-order valence-electron chi connectivity index (χ4n) is 2.67. The van der Waals surface area contributed by atoms with Crippen molar-refractivity contribution in [3.05, 3.63) is 48.4 Å². The highest BCUT2D eigenvalue weighted by Gasteiger charge is 2.23. The summed E-state index contributed by atoms with van der Waals surface area (Å²) in [4.78, 5) is 11.0. The van der Waals surface area contributed by atoms with Gasteiger partial charge in [0.1, 0.15) is 5.82 Å². The summed E-state index contributed by atoms with van der Waals surface area (Å²) in [5.41, 5.74) is 9.27. The Kier molecular flexibility index (Phi) is 2.03. The van der Waals surface area contributed by atoms with Gasteiger partial charge in [-0.2, -0.15) is 0 Å². The molecule has 0 spiro atoms. The van der Waals surface area contributed by atoms with Gasteiger partial charge in [-0.05, 0) is 18.1 Å². The number of fused-ring (bicyclic) bond motifs is 2. The summed E-state index contributed by atoms with van der Waals surface area (Å²) in [7, 11) is 0. The van der Waals surface area contributed by atoms with Crippen LogP contribution in [0.15, 0.2) is 42.9 Å². The van der Waals surface area contributed by atoms with Crippen LogP contribution in [-0.4, -0.2) is 20.9 Å². The number of hydrogen-bond donors (Lipinski definition) is 1. The number of hydrogen-bond acceptors (Lipinski definition) is 4. The number of para-hydroxylation sites is 1. The number of anilines is 3. The smallest absolute Gasteiger partial charge is 0.180 e. The molecule has 19 heavy (non-hydrogen) atoms. The van der Waals surface area contributed by atoms with Crippen LogP contribution in [0.1, 0.15) is 5.56 Å². The maximum atomic E-state index is 5.89. The molecule has 5 heteroatoms. The fourth-order valence-corrected chi connectivity index (χ4v) is 2.67. The van der Waals surface area contributed by atoms with Gasteiger partial charge in [0.2, 0.25) is 0 Å². The molecule has 0 aliphatic carbocycles. The highest BCUT2D eigenvalue weighted by Crippen LogP contribution is 2.35. The number of rotatable bonds is 1. The topological polar surface area (TPSA) is 59.5 Å². The third-order valence-corrected chi connectivity index (χ3v) is 3.52. The second-order valence-electron chi connectivity index (χ2n) is 4.68. The van der Waals surface area contributed by atoms with Crippen LogP contribution in [0.2, 0.25) is 0 Å². The van der Waals surface area contributed by atoms with Crippen molar-refractivity contribution in [2.24, 2.45) is 0 Å². The van der Waals surface area contributed by atoms with Crippen LogP contribution in [0.4, 0.5) is 17.3 Å². The van der Waals surface area contributed by atoms with Crippen LogP contribution in [0.3, 0.4) is 0 Å². The molecule has 2 aromatic heterocycles. The molecule has 5 nitrogen and oxygen atoms in total. The Balaban J connectivity index is 1.94. The molecule has 1 aromatic carbocycles. The van der Waals surface area contributed by atoms with Crippen molar-refractivity contribution in [3.8, 4) is 0 Å². The minimum Gasteiger partial charge on any atom is -0.382 e. The Bertz CT molecular complexity index is 761. The first-order valence-corrected chi connectivity index (χ1v) is 6.27. The lowest BCUT2D eigenvalue weighted by Crippen LogP contribution is -2.17. The van der Waals surface area contributed by atoms with E-state index in [0.717, 1.165) is 24.4 Å². The molecule has 0 unspecified atom stereocenters. The van der Waals surface area contributed by atoms with E-state index in [-0.39, 0.29) is 0 Å². The third-order valence-electron chi connectivity index (χ3n) is 3.52. The molecule has 0 amide bonds. The summed E-state index contributed by atoms with van der Waals surface area (Å²) < 4.78 is 1.92. The molecule has 4 rings (SSSR count). The van der Waals surface area contributed by atoms with E-state index < -0.39 is 0 Å². The van der Waals surface area contributed by atoms with Crippen LogP contribution in [0.25, 0.3) is 5.65 Å². The largest absolute Gasteiger partial charge is 0.382 e. The maximum Gasteiger partial charge on any atom is 0.180 e. The van der Waals surface area contributed by atoms with E-state index in [0.29, 0.717) is 5.82 Å². The highest BCUT2D eigenvalue weighted by atomic mass is 15.2. The van der Waals surface area contributed by atoms with Gasteiger partial charge in [0.25, 0.3) is 0 Å². The van der Waals surface area contributed by atoms with Gasteiger partial charge in [-0.1, -0.05) is 18.2 Å². The normalized spacial score (nSPS) is 14.0. The predicted molar refractivity (Wildman–Crippen MR) is 74.6 cm³/mol. The van der Waals surface area contributed by atoms with Gasteiger partial charge < -0.3 is 15.0 Å². The number of nitrogens with zero attached hydrogens (tertiary/aromatic N) is 4. The molecule has 0 saturated carbocycles. The lowest BCUT2D eigenvalue weighted by Gasteiger charge is -2.19.